The fraction of sp³-hybridized carbons (Fsp3) is 0.385. The van der Waals surface area contributed by atoms with Crippen LogP contribution in [0.15, 0.2) is 30.5 Å². The standard InChI is InChI=1S/C13H16FN/c1-8(2)13(4)9(3)15-12-7-10(14)5-6-11(12)13/h5-8,15H,3H2,1-2,4H3/t13-/m0/s1. The summed E-state index contributed by atoms with van der Waals surface area (Å²) in [7, 11) is 0. The number of fused-ring (bicyclic) bond motifs is 1. The van der Waals surface area contributed by atoms with E-state index in [-0.39, 0.29) is 11.2 Å². The van der Waals surface area contributed by atoms with Crippen LogP contribution in [-0.4, -0.2) is 0 Å². The molecular weight excluding hydrogens is 189 g/mol. The number of allylic oxidation sites excluding steroid dienone is 1. The fourth-order valence-electron chi connectivity index (χ4n) is 2.19. The molecule has 0 spiro atoms. The lowest BCUT2D eigenvalue weighted by molar-refractivity contribution is 0.412. The molecule has 0 radical (unpaired) electrons. The lowest BCUT2D eigenvalue weighted by atomic mass is 9.73. The molecule has 1 atom stereocenters. The summed E-state index contributed by atoms with van der Waals surface area (Å²) in [5.74, 6) is 0.228. The molecule has 0 aliphatic carbocycles. The van der Waals surface area contributed by atoms with Gasteiger partial charge in [0, 0.05) is 16.8 Å². The summed E-state index contributed by atoms with van der Waals surface area (Å²) < 4.78 is 13.1. The Hall–Kier alpha value is -1.31. The van der Waals surface area contributed by atoms with Crippen molar-refractivity contribution in [1.29, 1.82) is 0 Å². The van der Waals surface area contributed by atoms with Gasteiger partial charge >= 0.3 is 0 Å². The first-order chi connectivity index (χ1) is 6.96. The summed E-state index contributed by atoms with van der Waals surface area (Å²) in [5.41, 5.74) is 2.86. The zero-order valence-electron chi connectivity index (χ0n) is 9.39. The summed E-state index contributed by atoms with van der Waals surface area (Å²) in [6.07, 6.45) is 0. The predicted molar refractivity (Wildman–Crippen MR) is 61.4 cm³/mol. The number of hydrogen-bond acceptors (Lipinski definition) is 1. The maximum Gasteiger partial charge on any atom is 0.125 e. The Balaban J connectivity index is 2.60. The van der Waals surface area contributed by atoms with Crippen LogP contribution in [0.1, 0.15) is 26.3 Å². The van der Waals surface area contributed by atoms with Gasteiger partial charge in [0.15, 0.2) is 0 Å². The van der Waals surface area contributed by atoms with Crippen molar-refractivity contribution in [1.82, 2.24) is 0 Å². The second-order valence-electron chi connectivity index (χ2n) is 4.65. The van der Waals surface area contributed by atoms with E-state index in [1.807, 2.05) is 6.07 Å². The Kier molecular flexibility index (Phi) is 2.10. The zero-order chi connectivity index (χ0) is 11.2. The monoisotopic (exact) mass is 205 g/mol. The molecule has 0 bridgehead atoms. The quantitative estimate of drug-likeness (QED) is 0.737. The average Bonchev–Trinajstić information content (AvgIpc) is 2.39. The molecule has 1 aromatic rings. The van der Waals surface area contributed by atoms with E-state index < -0.39 is 0 Å². The highest BCUT2D eigenvalue weighted by atomic mass is 19.1. The molecule has 0 saturated carbocycles. The Morgan fingerprint density at radius 1 is 1.40 bits per heavy atom. The normalized spacial score (nSPS) is 24.2. The van der Waals surface area contributed by atoms with Crippen LogP contribution in [0.5, 0.6) is 0 Å². The lowest BCUT2D eigenvalue weighted by Gasteiger charge is -2.30. The van der Waals surface area contributed by atoms with Gasteiger partial charge < -0.3 is 5.32 Å². The third kappa shape index (κ3) is 1.28. The second kappa shape index (κ2) is 3.09. The van der Waals surface area contributed by atoms with E-state index in [0.717, 1.165) is 16.9 Å². The van der Waals surface area contributed by atoms with Gasteiger partial charge in [-0.3, -0.25) is 0 Å². The van der Waals surface area contributed by atoms with Gasteiger partial charge in [-0.15, -0.1) is 0 Å². The molecule has 0 aromatic heterocycles. The van der Waals surface area contributed by atoms with Gasteiger partial charge in [-0.1, -0.05) is 26.5 Å². The van der Waals surface area contributed by atoms with Crippen LogP contribution in [0.3, 0.4) is 0 Å². The van der Waals surface area contributed by atoms with Crippen LogP contribution in [0.25, 0.3) is 0 Å². The molecule has 0 saturated heterocycles. The van der Waals surface area contributed by atoms with Crippen LogP contribution in [0, 0.1) is 11.7 Å². The minimum Gasteiger partial charge on any atom is -0.358 e. The minimum absolute atomic E-state index is 0.0942. The summed E-state index contributed by atoms with van der Waals surface area (Å²) in [4.78, 5) is 0. The van der Waals surface area contributed by atoms with Crippen molar-refractivity contribution in [3.05, 3.63) is 41.9 Å². The molecule has 80 valence electrons. The molecule has 1 nitrogen and oxygen atoms in total. The van der Waals surface area contributed by atoms with Crippen LogP contribution in [0.2, 0.25) is 0 Å². The van der Waals surface area contributed by atoms with Gasteiger partial charge in [-0.25, -0.2) is 4.39 Å². The molecule has 0 unspecified atom stereocenters. The van der Waals surface area contributed by atoms with E-state index >= 15 is 0 Å². The van der Waals surface area contributed by atoms with Gasteiger partial charge in [-0.2, -0.15) is 0 Å². The highest BCUT2D eigenvalue weighted by Crippen LogP contribution is 2.47. The highest BCUT2D eigenvalue weighted by Gasteiger charge is 2.40. The predicted octanol–water partition coefficient (Wildman–Crippen LogP) is 3.68. The van der Waals surface area contributed by atoms with Crippen molar-refractivity contribution < 1.29 is 4.39 Å². The SMILES string of the molecule is C=C1Nc2cc(F)ccc2[C@@]1(C)C(C)C. The molecular formula is C13H16FN. The Morgan fingerprint density at radius 3 is 2.67 bits per heavy atom. The smallest absolute Gasteiger partial charge is 0.125 e. The molecule has 2 heteroatoms. The van der Waals surface area contributed by atoms with Crippen molar-refractivity contribution >= 4 is 5.69 Å². The summed E-state index contributed by atoms with van der Waals surface area (Å²) in [5, 5.41) is 3.18. The Morgan fingerprint density at radius 2 is 2.07 bits per heavy atom. The van der Waals surface area contributed by atoms with Gasteiger partial charge in [0.2, 0.25) is 0 Å². The first kappa shape index (κ1) is 10.2. The van der Waals surface area contributed by atoms with Crippen LogP contribution >= 0.6 is 0 Å². The maximum atomic E-state index is 13.1. The summed E-state index contributed by atoms with van der Waals surface area (Å²) in [6, 6.07) is 4.91. The van der Waals surface area contributed by atoms with Crippen molar-refractivity contribution in [2.24, 2.45) is 5.92 Å². The van der Waals surface area contributed by atoms with Gasteiger partial charge in [0.05, 0.1) is 0 Å². The van der Waals surface area contributed by atoms with E-state index in [2.05, 4.69) is 32.7 Å². The third-order valence-electron chi connectivity index (χ3n) is 3.61. The van der Waals surface area contributed by atoms with Gasteiger partial charge in [0.1, 0.15) is 5.82 Å². The number of halogens is 1. The average molecular weight is 205 g/mol. The van der Waals surface area contributed by atoms with E-state index in [1.54, 1.807) is 0 Å². The van der Waals surface area contributed by atoms with E-state index in [1.165, 1.54) is 12.1 Å². The van der Waals surface area contributed by atoms with Crippen molar-refractivity contribution in [3.8, 4) is 0 Å². The Labute approximate surface area is 90.0 Å². The molecule has 15 heavy (non-hydrogen) atoms. The number of nitrogens with one attached hydrogen (secondary N) is 1. The largest absolute Gasteiger partial charge is 0.358 e. The topological polar surface area (TPSA) is 12.0 Å². The van der Waals surface area contributed by atoms with E-state index in [0.29, 0.717) is 5.92 Å². The minimum atomic E-state index is -0.206. The molecule has 1 aliphatic rings. The van der Waals surface area contributed by atoms with Crippen LogP contribution in [0.4, 0.5) is 10.1 Å². The molecule has 1 N–H and O–H groups in total. The molecule has 0 fully saturated rings. The lowest BCUT2D eigenvalue weighted by Crippen LogP contribution is -2.28. The third-order valence-corrected chi connectivity index (χ3v) is 3.61. The second-order valence-corrected chi connectivity index (χ2v) is 4.65. The molecule has 0 amide bonds. The van der Waals surface area contributed by atoms with Crippen molar-refractivity contribution in [3.63, 3.8) is 0 Å². The van der Waals surface area contributed by atoms with Crippen molar-refractivity contribution in [2.45, 2.75) is 26.2 Å². The van der Waals surface area contributed by atoms with Crippen LogP contribution in [-0.2, 0) is 5.41 Å². The number of rotatable bonds is 1. The maximum absolute atomic E-state index is 13.1. The Bertz CT molecular complexity index is 423. The van der Waals surface area contributed by atoms with Gasteiger partial charge in [-0.05, 0) is 30.5 Å². The first-order valence-corrected chi connectivity index (χ1v) is 5.22. The number of benzene rings is 1. The zero-order valence-corrected chi connectivity index (χ0v) is 9.39. The van der Waals surface area contributed by atoms with Crippen molar-refractivity contribution in [2.75, 3.05) is 5.32 Å². The first-order valence-electron chi connectivity index (χ1n) is 5.22. The molecule has 1 aromatic carbocycles. The number of hydrogen-bond donors (Lipinski definition) is 1. The molecule has 1 heterocycles. The van der Waals surface area contributed by atoms with E-state index in [4.69, 9.17) is 0 Å². The molecule has 2 rings (SSSR count). The fourth-order valence-corrected chi connectivity index (χ4v) is 2.19. The van der Waals surface area contributed by atoms with E-state index in [9.17, 15) is 4.39 Å². The summed E-state index contributed by atoms with van der Waals surface area (Å²) >= 11 is 0. The highest BCUT2D eigenvalue weighted by molar-refractivity contribution is 5.67. The molecule has 1 aliphatic heterocycles. The number of anilines is 1. The van der Waals surface area contributed by atoms with Crippen LogP contribution < -0.4 is 5.32 Å². The summed E-state index contributed by atoms with van der Waals surface area (Å²) in [6.45, 7) is 10.5. The van der Waals surface area contributed by atoms with Gasteiger partial charge in [0.25, 0.3) is 0 Å².